The van der Waals surface area contributed by atoms with Gasteiger partial charge in [-0.05, 0) is 37.4 Å². The molecule has 1 aromatic carbocycles. The number of carbonyl (C=O) groups is 1. The summed E-state index contributed by atoms with van der Waals surface area (Å²) in [7, 11) is 0. The van der Waals surface area contributed by atoms with E-state index in [0.29, 0.717) is 23.7 Å². The molecule has 0 aromatic heterocycles. The maximum Gasteiger partial charge on any atom is 0.250 e. The molecule has 0 bridgehead atoms. The number of nitrogens with one attached hydrogen (secondary N) is 1. The van der Waals surface area contributed by atoms with Crippen molar-refractivity contribution < 1.29 is 9.53 Å². The molecule has 0 radical (unpaired) electrons. The number of benzene rings is 1. The molecule has 1 heterocycles. The van der Waals surface area contributed by atoms with E-state index in [0.717, 1.165) is 30.9 Å². The molecule has 1 N–H and O–H groups in total. The lowest BCUT2D eigenvalue weighted by molar-refractivity contribution is -0.117. The van der Waals surface area contributed by atoms with Gasteiger partial charge in [0.2, 0.25) is 0 Å². The van der Waals surface area contributed by atoms with Crippen LogP contribution in [0.2, 0.25) is 5.02 Å². The maximum absolute atomic E-state index is 12.1. The van der Waals surface area contributed by atoms with Crippen molar-refractivity contribution in [3.63, 3.8) is 0 Å². The summed E-state index contributed by atoms with van der Waals surface area (Å²) in [4.78, 5) is 14.4. The van der Waals surface area contributed by atoms with E-state index in [1.807, 2.05) is 12.1 Å². The highest BCUT2D eigenvalue weighted by atomic mass is 35.5. The lowest BCUT2D eigenvalue weighted by Crippen LogP contribution is -2.36. The first-order valence-corrected chi connectivity index (χ1v) is 7.65. The monoisotopic (exact) mass is 308 g/mol. The lowest BCUT2D eigenvalue weighted by Gasteiger charge is -2.20. The quantitative estimate of drug-likeness (QED) is 0.878. The summed E-state index contributed by atoms with van der Waals surface area (Å²) in [5, 5.41) is 3.57. The molecule has 0 aliphatic carbocycles. The Bertz CT molecular complexity index is 539. The minimum atomic E-state index is -0.0761. The summed E-state index contributed by atoms with van der Waals surface area (Å²) >= 11 is 5.96. The molecule has 1 aromatic rings. The average molecular weight is 309 g/mol. The molecule has 21 heavy (non-hydrogen) atoms. The van der Waals surface area contributed by atoms with Crippen LogP contribution in [-0.2, 0) is 4.79 Å². The first-order chi connectivity index (χ1) is 10.1. The van der Waals surface area contributed by atoms with Gasteiger partial charge in [-0.2, -0.15) is 0 Å². The van der Waals surface area contributed by atoms with Gasteiger partial charge in [0, 0.05) is 23.7 Å². The zero-order chi connectivity index (χ0) is 15.2. The standard InChI is InChI=1S/C16H21ClN2O2/c1-3-19(4-2)8-7-18-16(20)13-9-12-10-14(17)5-6-15(12)21-11-13/h5-6,9-10H,3-4,7-8,11H2,1-2H3,(H,18,20). The van der Waals surface area contributed by atoms with Gasteiger partial charge in [-0.15, -0.1) is 0 Å². The summed E-state index contributed by atoms with van der Waals surface area (Å²) in [6, 6.07) is 5.41. The topological polar surface area (TPSA) is 41.6 Å². The van der Waals surface area contributed by atoms with Crippen LogP contribution in [0.25, 0.3) is 6.08 Å². The number of hydrogen-bond acceptors (Lipinski definition) is 3. The molecule has 1 aliphatic heterocycles. The minimum absolute atomic E-state index is 0.0761. The molecule has 1 aliphatic rings. The van der Waals surface area contributed by atoms with E-state index in [4.69, 9.17) is 16.3 Å². The van der Waals surface area contributed by atoms with E-state index in [1.165, 1.54) is 0 Å². The van der Waals surface area contributed by atoms with Crippen molar-refractivity contribution in [3.8, 4) is 5.75 Å². The summed E-state index contributed by atoms with van der Waals surface area (Å²) in [6.07, 6.45) is 1.84. The van der Waals surface area contributed by atoms with Gasteiger partial charge in [-0.3, -0.25) is 4.79 Å². The van der Waals surface area contributed by atoms with Crippen molar-refractivity contribution in [1.82, 2.24) is 10.2 Å². The van der Waals surface area contributed by atoms with Gasteiger partial charge < -0.3 is 15.0 Å². The third-order valence-electron chi connectivity index (χ3n) is 3.58. The molecule has 0 saturated heterocycles. The van der Waals surface area contributed by atoms with Gasteiger partial charge in [0.15, 0.2) is 0 Å². The van der Waals surface area contributed by atoms with Crippen LogP contribution in [0, 0.1) is 0 Å². The fourth-order valence-electron chi connectivity index (χ4n) is 2.26. The molecular weight excluding hydrogens is 288 g/mol. The Labute approximate surface area is 130 Å². The van der Waals surface area contributed by atoms with Crippen molar-refractivity contribution in [2.24, 2.45) is 0 Å². The average Bonchev–Trinajstić information content (AvgIpc) is 2.50. The first kappa shape index (κ1) is 15.9. The van der Waals surface area contributed by atoms with Crippen molar-refractivity contribution in [2.45, 2.75) is 13.8 Å². The Morgan fingerprint density at radius 3 is 2.86 bits per heavy atom. The van der Waals surface area contributed by atoms with Gasteiger partial charge in [0.25, 0.3) is 5.91 Å². The summed E-state index contributed by atoms with van der Waals surface area (Å²) in [6.45, 7) is 8.00. The minimum Gasteiger partial charge on any atom is -0.488 e. The predicted octanol–water partition coefficient (Wildman–Crippen LogP) is 2.57. The van der Waals surface area contributed by atoms with E-state index in [1.54, 1.807) is 12.1 Å². The van der Waals surface area contributed by atoms with E-state index in [-0.39, 0.29) is 5.91 Å². The maximum atomic E-state index is 12.1. The number of ether oxygens (including phenoxy) is 1. The molecular formula is C16H21ClN2O2. The zero-order valence-electron chi connectivity index (χ0n) is 12.5. The molecule has 0 spiro atoms. The molecule has 0 unspecified atom stereocenters. The van der Waals surface area contributed by atoms with Gasteiger partial charge >= 0.3 is 0 Å². The van der Waals surface area contributed by atoms with Crippen molar-refractivity contribution in [3.05, 3.63) is 34.4 Å². The van der Waals surface area contributed by atoms with Crippen LogP contribution in [0.15, 0.2) is 23.8 Å². The number of fused-ring (bicyclic) bond motifs is 1. The normalized spacial score (nSPS) is 13.4. The summed E-state index contributed by atoms with van der Waals surface area (Å²) in [5.41, 5.74) is 1.48. The number of hydrogen-bond donors (Lipinski definition) is 1. The Balaban J connectivity index is 1.94. The molecule has 0 saturated carbocycles. The number of amides is 1. The molecule has 5 heteroatoms. The Morgan fingerprint density at radius 1 is 1.38 bits per heavy atom. The second-order valence-electron chi connectivity index (χ2n) is 4.92. The summed E-state index contributed by atoms with van der Waals surface area (Å²) in [5.74, 6) is 0.687. The zero-order valence-corrected chi connectivity index (χ0v) is 13.2. The highest BCUT2D eigenvalue weighted by Gasteiger charge is 2.17. The number of carbonyl (C=O) groups excluding carboxylic acids is 1. The molecule has 4 nitrogen and oxygen atoms in total. The van der Waals surface area contributed by atoms with Gasteiger partial charge in [-0.1, -0.05) is 25.4 Å². The lowest BCUT2D eigenvalue weighted by atomic mass is 10.1. The van der Waals surface area contributed by atoms with Gasteiger partial charge in [-0.25, -0.2) is 0 Å². The van der Waals surface area contributed by atoms with E-state index in [9.17, 15) is 4.79 Å². The van der Waals surface area contributed by atoms with Crippen molar-refractivity contribution in [2.75, 3.05) is 32.8 Å². The smallest absolute Gasteiger partial charge is 0.250 e. The van der Waals surface area contributed by atoms with Crippen molar-refractivity contribution in [1.29, 1.82) is 0 Å². The first-order valence-electron chi connectivity index (χ1n) is 7.27. The number of halogens is 1. The van der Waals surface area contributed by atoms with Gasteiger partial charge in [0.05, 0.1) is 5.57 Å². The molecule has 0 fully saturated rings. The van der Waals surface area contributed by atoms with Crippen molar-refractivity contribution >= 4 is 23.6 Å². The highest BCUT2D eigenvalue weighted by Crippen LogP contribution is 2.28. The van der Waals surface area contributed by atoms with E-state index in [2.05, 4.69) is 24.1 Å². The molecule has 0 atom stereocenters. The molecule has 1 amide bonds. The fraction of sp³-hybridized carbons (Fsp3) is 0.438. The van der Waals surface area contributed by atoms with Gasteiger partial charge in [0.1, 0.15) is 12.4 Å². The predicted molar refractivity (Wildman–Crippen MR) is 85.7 cm³/mol. The van der Waals surface area contributed by atoms with Crippen LogP contribution in [0.5, 0.6) is 5.75 Å². The van der Waals surface area contributed by atoms with E-state index >= 15 is 0 Å². The van der Waals surface area contributed by atoms with Crippen LogP contribution >= 0.6 is 11.6 Å². The highest BCUT2D eigenvalue weighted by molar-refractivity contribution is 6.30. The largest absolute Gasteiger partial charge is 0.488 e. The number of likely N-dealkylation sites (N-methyl/N-ethyl adjacent to an activating group) is 1. The third-order valence-corrected chi connectivity index (χ3v) is 3.82. The third kappa shape index (κ3) is 4.22. The Hall–Kier alpha value is -1.52. The van der Waals surface area contributed by atoms with Crippen LogP contribution in [0.4, 0.5) is 0 Å². The summed E-state index contributed by atoms with van der Waals surface area (Å²) < 4.78 is 5.58. The Morgan fingerprint density at radius 2 is 2.14 bits per heavy atom. The fourth-order valence-corrected chi connectivity index (χ4v) is 2.44. The second-order valence-corrected chi connectivity index (χ2v) is 5.36. The van der Waals surface area contributed by atoms with Crippen LogP contribution in [0.3, 0.4) is 0 Å². The Kier molecular flexibility index (Phi) is 5.65. The van der Waals surface area contributed by atoms with Crippen LogP contribution < -0.4 is 10.1 Å². The molecule has 2 rings (SSSR count). The second kappa shape index (κ2) is 7.48. The molecule has 114 valence electrons. The SMILES string of the molecule is CCN(CC)CCNC(=O)C1=Cc2cc(Cl)ccc2OC1. The van der Waals surface area contributed by atoms with E-state index < -0.39 is 0 Å². The van der Waals surface area contributed by atoms with Crippen LogP contribution in [0.1, 0.15) is 19.4 Å². The van der Waals surface area contributed by atoms with Crippen LogP contribution in [-0.4, -0.2) is 43.6 Å². The number of nitrogens with zero attached hydrogens (tertiary/aromatic N) is 1. The number of rotatable bonds is 6.